The zero-order valence-corrected chi connectivity index (χ0v) is 13.7. The van der Waals surface area contributed by atoms with Gasteiger partial charge < -0.3 is 4.90 Å². The first-order valence-corrected chi connectivity index (χ1v) is 8.81. The molecule has 0 fully saturated rings. The highest BCUT2D eigenvalue weighted by Crippen LogP contribution is 2.25. The van der Waals surface area contributed by atoms with Gasteiger partial charge in [-0.3, -0.25) is 9.78 Å². The molecule has 0 bridgehead atoms. The number of hydrogen-bond donors (Lipinski definition) is 0. The number of pyridine rings is 1. The lowest BCUT2D eigenvalue weighted by molar-refractivity contribution is -0.117. The van der Waals surface area contributed by atoms with Crippen LogP contribution in [0.1, 0.15) is 6.42 Å². The zero-order chi connectivity index (χ0) is 16.3. The Bertz CT molecular complexity index is 774. The van der Waals surface area contributed by atoms with Gasteiger partial charge in [-0.25, -0.2) is 13.1 Å². The smallest absolute Gasteiger partial charge is 0.227 e. The highest BCUT2D eigenvalue weighted by Gasteiger charge is 2.19. The maximum Gasteiger partial charge on any atom is 0.227 e. The Hall–Kier alpha value is -1.93. The Morgan fingerprint density at radius 3 is 2.77 bits per heavy atom. The minimum absolute atomic E-state index is 0.107. The summed E-state index contributed by atoms with van der Waals surface area (Å²) in [5.74, 6) is -0.553. The third-order valence-corrected chi connectivity index (χ3v) is 4.20. The van der Waals surface area contributed by atoms with Gasteiger partial charge in [-0.2, -0.15) is 5.10 Å². The Morgan fingerprint density at radius 2 is 2.18 bits per heavy atom. The number of amides is 1. The molecule has 2 aromatic rings. The molecule has 1 amide bonds. The molecule has 2 heterocycles. The molecule has 7 nitrogen and oxygen atoms in total. The number of carbonyl (C=O) groups excluding carboxylic acids is 1. The Balaban J connectivity index is 2.19. The summed E-state index contributed by atoms with van der Waals surface area (Å²) in [4.78, 5) is 17.3. The number of rotatable bonds is 5. The third-order valence-electron chi connectivity index (χ3n) is 2.98. The van der Waals surface area contributed by atoms with Crippen LogP contribution in [0.5, 0.6) is 0 Å². The predicted molar refractivity (Wildman–Crippen MR) is 84.1 cm³/mol. The van der Waals surface area contributed by atoms with E-state index in [0.29, 0.717) is 11.4 Å². The summed E-state index contributed by atoms with van der Waals surface area (Å²) in [7, 11) is -1.66. The number of sulfone groups is 1. The zero-order valence-electron chi connectivity index (χ0n) is 12.1. The number of anilines is 1. The second-order valence-electron chi connectivity index (χ2n) is 4.79. The van der Waals surface area contributed by atoms with E-state index in [-0.39, 0.29) is 23.2 Å². The van der Waals surface area contributed by atoms with Crippen molar-refractivity contribution in [3.63, 3.8) is 0 Å². The normalized spacial score (nSPS) is 11.4. The van der Waals surface area contributed by atoms with Crippen LogP contribution in [-0.2, 0) is 14.6 Å². The van der Waals surface area contributed by atoms with Gasteiger partial charge in [0, 0.05) is 25.9 Å². The quantitative estimate of drug-likeness (QED) is 0.818. The van der Waals surface area contributed by atoms with Crippen LogP contribution < -0.4 is 4.90 Å². The van der Waals surface area contributed by atoms with E-state index in [0.717, 1.165) is 6.26 Å². The van der Waals surface area contributed by atoms with Gasteiger partial charge in [-0.1, -0.05) is 11.6 Å². The van der Waals surface area contributed by atoms with Crippen molar-refractivity contribution in [2.24, 2.45) is 0 Å². The summed E-state index contributed by atoms with van der Waals surface area (Å²) in [6.07, 6.45) is 5.82. The largest absolute Gasteiger partial charge is 0.311 e. The second-order valence-corrected chi connectivity index (χ2v) is 7.41. The molecule has 0 saturated carbocycles. The fourth-order valence-electron chi connectivity index (χ4n) is 1.77. The molecule has 0 unspecified atom stereocenters. The molecule has 0 radical (unpaired) electrons. The summed E-state index contributed by atoms with van der Waals surface area (Å²) in [6, 6.07) is 3.55. The molecule has 0 atom stereocenters. The molecule has 118 valence electrons. The minimum Gasteiger partial charge on any atom is -0.311 e. The van der Waals surface area contributed by atoms with Crippen LogP contribution in [0.3, 0.4) is 0 Å². The third kappa shape index (κ3) is 4.05. The van der Waals surface area contributed by atoms with E-state index < -0.39 is 9.84 Å². The number of carbonyl (C=O) groups is 1. The molecular formula is C13H15ClN4O3S. The average molecular weight is 343 g/mol. The molecule has 22 heavy (non-hydrogen) atoms. The first kappa shape index (κ1) is 16.4. The molecule has 0 spiro atoms. The van der Waals surface area contributed by atoms with E-state index in [1.807, 2.05) is 0 Å². The van der Waals surface area contributed by atoms with Gasteiger partial charge in [0.1, 0.15) is 15.5 Å². The van der Waals surface area contributed by atoms with Crippen molar-refractivity contribution >= 4 is 33.0 Å². The fraction of sp³-hybridized carbons (Fsp3) is 0.308. The van der Waals surface area contributed by atoms with Crippen LogP contribution in [0.2, 0.25) is 5.15 Å². The summed E-state index contributed by atoms with van der Waals surface area (Å²) >= 11 is 6.06. The van der Waals surface area contributed by atoms with Crippen molar-refractivity contribution in [1.82, 2.24) is 14.8 Å². The first-order chi connectivity index (χ1) is 10.3. The van der Waals surface area contributed by atoms with Gasteiger partial charge in [0.05, 0.1) is 23.8 Å². The van der Waals surface area contributed by atoms with Crippen LogP contribution >= 0.6 is 11.6 Å². The fourth-order valence-corrected chi connectivity index (χ4v) is 2.57. The Labute approximate surface area is 133 Å². The molecular weight excluding hydrogens is 328 g/mol. The first-order valence-electron chi connectivity index (χ1n) is 6.38. The maximum absolute atomic E-state index is 12.0. The summed E-state index contributed by atoms with van der Waals surface area (Å²) in [5.41, 5.74) is 1.11. The molecule has 9 heteroatoms. The summed E-state index contributed by atoms with van der Waals surface area (Å²) < 4.78 is 23.8. The molecule has 0 aliphatic carbocycles. The van der Waals surface area contributed by atoms with Crippen LogP contribution in [0.4, 0.5) is 5.69 Å². The molecule has 0 N–H and O–H groups in total. The van der Waals surface area contributed by atoms with Gasteiger partial charge in [-0.15, -0.1) is 0 Å². The second kappa shape index (κ2) is 6.45. The summed E-state index contributed by atoms with van der Waals surface area (Å²) in [5, 5.41) is 4.28. The van der Waals surface area contributed by atoms with Crippen molar-refractivity contribution in [2.75, 3.05) is 24.0 Å². The van der Waals surface area contributed by atoms with Crippen LogP contribution in [-0.4, -0.2) is 48.1 Å². The summed E-state index contributed by atoms with van der Waals surface area (Å²) in [6.45, 7) is 0. The van der Waals surface area contributed by atoms with Crippen molar-refractivity contribution in [3.05, 3.63) is 35.9 Å². The van der Waals surface area contributed by atoms with Crippen LogP contribution in [0.15, 0.2) is 30.7 Å². The lowest BCUT2D eigenvalue weighted by Gasteiger charge is -2.15. The Morgan fingerprint density at radius 1 is 1.45 bits per heavy atom. The molecule has 0 aromatic carbocycles. The highest BCUT2D eigenvalue weighted by atomic mass is 35.5. The van der Waals surface area contributed by atoms with Gasteiger partial charge >= 0.3 is 0 Å². The highest BCUT2D eigenvalue weighted by molar-refractivity contribution is 7.90. The standard InChI is InChI=1S/C13H15ClN4O3S/c1-17(12(19)5-7-22(2,20)21)11-9-18(16-13(11)14)10-4-3-6-15-8-10/h3-4,6,8-9H,5,7H2,1-2H3. The van der Waals surface area contributed by atoms with E-state index >= 15 is 0 Å². The van der Waals surface area contributed by atoms with Gasteiger partial charge in [-0.05, 0) is 12.1 Å². The van der Waals surface area contributed by atoms with Gasteiger partial charge in [0.25, 0.3) is 0 Å². The van der Waals surface area contributed by atoms with E-state index in [1.54, 1.807) is 30.7 Å². The molecule has 2 aromatic heterocycles. The average Bonchev–Trinajstić information content (AvgIpc) is 2.86. The van der Waals surface area contributed by atoms with Crippen LogP contribution in [0, 0.1) is 0 Å². The molecule has 0 saturated heterocycles. The number of halogens is 1. The molecule has 0 aliphatic heterocycles. The van der Waals surface area contributed by atoms with E-state index in [9.17, 15) is 13.2 Å². The lowest BCUT2D eigenvalue weighted by atomic mass is 10.4. The van der Waals surface area contributed by atoms with Crippen molar-refractivity contribution in [2.45, 2.75) is 6.42 Å². The number of aromatic nitrogens is 3. The number of nitrogens with zero attached hydrogens (tertiary/aromatic N) is 4. The Kier molecular flexibility index (Phi) is 4.82. The molecule has 2 rings (SSSR count). The predicted octanol–water partition coefficient (Wildman–Crippen LogP) is 1.32. The van der Waals surface area contributed by atoms with E-state index in [4.69, 9.17) is 11.6 Å². The van der Waals surface area contributed by atoms with Crippen molar-refractivity contribution < 1.29 is 13.2 Å². The van der Waals surface area contributed by atoms with Gasteiger partial charge in [0.15, 0.2) is 5.15 Å². The van der Waals surface area contributed by atoms with E-state index in [2.05, 4.69) is 10.1 Å². The monoisotopic (exact) mass is 342 g/mol. The van der Waals surface area contributed by atoms with Crippen LogP contribution in [0.25, 0.3) is 5.69 Å². The topological polar surface area (TPSA) is 85.2 Å². The SMILES string of the molecule is CN(C(=O)CCS(C)(=O)=O)c1cn(-c2cccnc2)nc1Cl. The lowest BCUT2D eigenvalue weighted by Crippen LogP contribution is -2.27. The van der Waals surface area contributed by atoms with Crippen molar-refractivity contribution in [3.8, 4) is 5.69 Å². The number of hydrogen-bond acceptors (Lipinski definition) is 5. The van der Waals surface area contributed by atoms with Gasteiger partial charge in [0.2, 0.25) is 5.91 Å². The minimum atomic E-state index is -3.19. The maximum atomic E-state index is 12.0. The molecule has 0 aliphatic rings. The van der Waals surface area contributed by atoms with E-state index in [1.165, 1.54) is 16.6 Å². The van der Waals surface area contributed by atoms with Crippen molar-refractivity contribution in [1.29, 1.82) is 0 Å².